The summed E-state index contributed by atoms with van der Waals surface area (Å²) in [6, 6.07) is 7.39. The van der Waals surface area contributed by atoms with Gasteiger partial charge in [0, 0.05) is 12.7 Å². The summed E-state index contributed by atoms with van der Waals surface area (Å²) in [4.78, 5) is 10.8. The highest BCUT2D eigenvalue weighted by atomic mass is 32.2. The van der Waals surface area contributed by atoms with Gasteiger partial charge < -0.3 is 10.5 Å². The summed E-state index contributed by atoms with van der Waals surface area (Å²) >= 11 is 2.90. The number of carbonyl (C=O) groups is 1. The molecule has 2 aromatic rings. The van der Waals surface area contributed by atoms with Crippen LogP contribution in [-0.2, 0) is 10.5 Å². The summed E-state index contributed by atoms with van der Waals surface area (Å²) in [5.74, 6) is 0.957. The summed E-state index contributed by atoms with van der Waals surface area (Å²) in [5.41, 5.74) is 6.55. The third-order valence-electron chi connectivity index (χ3n) is 1.94. The Bertz CT molecular complexity index is 557. The molecule has 0 aliphatic carbocycles. The Hall–Kier alpha value is -1.60. The lowest BCUT2D eigenvalue weighted by Crippen LogP contribution is -2.01. The average Bonchev–Trinajstić information content (AvgIpc) is 2.72. The molecule has 0 atom stereocenters. The van der Waals surface area contributed by atoms with Crippen LogP contribution >= 0.6 is 23.1 Å². The SMILES string of the molecule is CC(=O)Oc1cccc(CSc2nnc(N)s2)c1. The van der Waals surface area contributed by atoms with Gasteiger partial charge in [0.25, 0.3) is 0 Å². The third kappa shape index (κ3) is 3.71. The second-order valence-corrected chi connectivity index (χ2v) is 5.67. The average molecular weight is 281 g/mol. The smallest absolute Gasteiger partial charge is 0.308 e. The normalized spacial score (nSPS) is 10.3. The van der Waals surface area contributed by atoms with Gasteiger partial charge in [-0.15, -0.1) is 10.2 Å². The first-order chi connectivity index (χ1) is 8.63. The van der Waals surface area contributed by atoms with E-state index in [2.05, 4.69) is 10.2 Å². The van der Waals surface area contributed by atoms with Gasteiger partial charge in [0.05, 0.1) is 0 Å². The molecule has 1 aromatic carbocycles. The van der Waals surface area contributed by atoms with Gasteiger partial charge in [-0.25, -0.2) is 0 Å². The van der Waals surface area contributed by atoms with E-state index in [4.69, 9.17) is 10.5 Å². The largest absolute Gasteiger partial charge is 0.427 e. The summed E-state index contributed by atoms with van der Waals surface area (Å²) in [6.45, 7) is 1.38. The lowest BCUT2D eigenvalue weighted by atomic mass is 10.2. The highest BCUT2D eigenvalue weighted by Crippen LogP contribution is 2.27. The third-order valence-corrected chi connectivity index (χ3v) is 3.90. The molecule has 0 amide bonds. The maximum Gasteiger partial charge on any atom is 0.308 e. The molecule has 0 spiro atoms. The van der Waals surface area contributed by atoms with E-state index in [-0.39, 0.29) is 5.97 Å². The fourth-order valence-electron chi connectivity index (χ4n) is 1.29. The molecule has 0 fully saturated rings. The van der Waals surface area contributed by atoms with E-state index in [0.717, 1.165) is 15.7 Å². The van der Waals surface area contributed by atoms with E-state index in [1.807, 2.05) is 18.2 Å². The molecule has 7 heteroatoms. The summed E-state index contributed by atoms with van der Waals surface area (Å²) in [6.07, 6.45) is 0. The maximum atomic E-state index is 10.8. The van der Waals surface area contributed by atoms with E-state index in [0.29, 0.717) is 10.9 Å². The van der Waals surface area contributed by atoms with Gasteiger partial charge >= 0.3 is 5.97 Å². The molecule has 0 unspecified atom stereocenters. The van der Waals surface area contributed by atoms with Crippen LogP contribution in [-0.4, -0.2) is 16.2 Å². The molecule has 18 heavy (non-hydrogen) atoms. The van der Waals surface area contributed by atoms with Crippen LogP contribution < -0.4 is 10.5 Å². The van der Waals surface area contributed by atoms with Crippen molar-refractivity contribution in [2.24, 2.45) is 0 Å². The van der Waals surface area contributed by atoms with Crippen LogP contribution in [0.3, 0.4) is 0 Å². The fourth-order valence-corrected chi connectivity index (χ4v) is 2.87. The van der Waals surface area contributed by atoms with Crippen LogP contribution in [0, 0.1) is 0 Å². The minimum absolute atomic E-state index is 0.322. The number of carbonyl (C=O) groups excluding carboxylic acids is 1. The molecular formula is C11H11N3O2S2. The predicted molar refractivity (Wildman–Crippen MR) is 71.6 cm³/mol. The van der Waals surface area contributed by atoms with Crippen molar-refractivity contribution in [2.75, 3.05) is 5.73 Å². The van der Waals surface area contributed by atoms with Crippen molar-refractivity contribution >= 4 is 34.2 Å². The molecule has 0 bridgehead atoms. The Morgan fingerprint density at radius 3 is 3.00 bits per heavy atom. The zero-order chi connectivity index (χ0) is 13.0. The van der Waals surface area contributed by atoms with Crippen LogP contribution in [0.4, 0.5) is 5.13 Å². The van der Waals surface area contributed by atoms with Gasteiger partial charge in [0.1, 0.15) is 5.75 Å². The lowest BCUT2D eigenvalue weighted by Gasteiger charge is -2.03. The fraction of sp³-hybridized carbons (Fsp3) is 0.182. The molecular weight excluding hydrogens is 270 g/mol. The van der Waals surface area contributed by atoms with Crippen molar-refractivity contribution < 1.29 is 9.53 Å². The van der Waals surface area contributed by atoms with E-state index in [1.54, 1.807) is 17.8 Å². The number of aromatic nitrogens is 2. The first-order valence-corrected chi connectivity index (χ1v) is 6.93. The summed E-state index contributed by atoms with van der Waals surface area (Å²) in [5, 5.41) is 8.13. The Labute approximate surface area is 112 Å². The molecule has 0 saturated heterocycles. The molecule has 0 aliphatic heterocycles. The number of nitrogen functional groups attached to an aromatic ring is 1. The van der Waals surface area contributed by atoms with Crippen molar-refractivity contribution in [3.8, 4) is 5.75 Å². The second-order valence-electron chi connectivity index (χ2n) is 3.44. The molecule has 0 radical (unpaired) electrons. The summed E-state index contributed by atoms with van der Waals surface area (Å²) < 4.78 is 5.84. The Balaban J connectivity index is 1.98. The van der Waals surface area contributed by atoms with Gasteiger partial charge in [-0.05, 0) is 17.7 Å². The van der Waals surface area contributed by atoms with Crippen LogP contribution in [0.15, 0.2) is 28.6 Å². The number of ether oxygens (including phenoxy) is 1. The van der Waals surface area contributed by atoms with Crippen molar-refractivity contribution in [1.29, 1.82) is 0 Å². The standard InChI is InChI=1S/C11H11N3O2S2/c1-7(15)16-9-4-2-3-8(5-9)6-17-11-14-13-10(12)18-11/h2-5H,6H2,1H3,(H2,12,13). The number of hydrogen-bond donors (Lipinski definition) is 1. The number of nitrogens with two attached hydrogens (primary N) is 1. The topological polar surface area (TPSA) is 78.1 Å². The Morgan fingerprint density at radius 2 is 2.33 bits per heavy atom. The van der Waals surface area contributed by atoms with E-state index < -0.39 is 0 Å². The quantitative estimate of drug-likeness (QED) is 0.526. The number of esters is 1. The van der Waals surface area contributed by atoms with E-state index in [9.17, 15) is 4.79 Å². The first kappa shape index (κ1) is 12.8. The molecule has 1 heterocycles. The van der Waals surface area contributed by atoms with Crippen LogP contribution in [0.2, 0.25) is 0 Å². The number of benzene rings is 1. The van der Waals surface area contributed by atoms with E-state index >= 15 is 0 Å². The minimum atomic E-state index is -0.322. The second kappa shape index (κ2) is 5.83. The number of thioether (sulfide) groups is 1. The maximum absolute atomic E-state index is 10.8. The Kier molecular flexibility index (Phi) is 4.16. The zero-order valence-corrected chi connectivity index (χ0v) is 11.3. The highest BCUT2D eigenvalue weighted by molar-refractivity contribution is 8.00. The summed E-state index contributed by atoms with van der Waals surface area (Å²) in [7, 11) is 0. The monoisotopic (exact) mass is 281 g/mol. The Morgan fingerprint density at radius 1 is 1.50 bits per heavy atom. The van der Waals surface area contributed by atoms with Gasteiger partial charge in [-0.1, -0.05) is 35.2 Å². The molecule has 5 nitrogen and oxygen atoms in total. The van der Waals surface area contributed by atoms with E-state index in [1.165, 1.54) is 18.3 Å². The zero-order valence-electron chi connectivity index (χ0n) is 9.62. The molecule has 0 aliphatic rings. The molecule has 1 aromatic heterocycles. The van der Waals surface area contributed by atoms with Gasteiger partial charge in [-0.2, -0.15) is 0 Å². The molecule has 94 valence electrons. The van der Waals surface area contributed by atoms with Gasteiger partial charge in [-0.3, -0.25) is 4.79 Å². The number of nitrogens with zero attached hydrogens (tertiary/aromatic N) is 2. The van der Waals surface area contributed by atoms with Crippen LogP contribution in [0.5, 0.6) is 5.75 Å². The lowest BCUT2D eigenvalue weighted by molar-refractivity contribution is -0.131. The van der Waals surface area contributed by atoms with Crippen molar-refractivity contribution in [1.82, 2.24) is 10.2 Å². The minimum Gasteiger partial charge on any atom is -0.427 e. The van der Waals surface area contributed by atoms with Gasteiger partial charge in [0.2, 0.25) is 5.13 Å². The van der Waals surface area contributed by atoms with Crippen molar-refractivity contribution in [3.05, 3.63) is 29.8 Å². The van der Waals surface area contributed by atoms with Crippen LogP contribution in [0.25, 0.3) is 0 Å². The highest BCUT2D eigenvalue weighted by Gasteiger charge is 2.04. The van der Waals surface area contributed by atoms with Crippen LogP contribution in [0.1, 0.15) is 12.5 Å². The van der Waals surface area contributed by atoms with Crippen molar-refractivity contribution in [3.63, 3.8) is 0 Å². The van der Waals surface area contributed by atoms with Crippen molar-refractivity contribution in [2.45, 2.75) is 17.0 Å². The molecule has 0 saturated carbocycles. The number of rotatable bonds is 4. The van der Waals surface area contributed by atoms with Gasteiger partial charge in [0.15, 0.2) is 4.34 Å². The number of anilines is 1. The molecule has 2 N–H and O–H groups in total. The first-order valence-electron chi connectivity index (χ1n) is 5.12. The molecule has 2 rings (SSSR count). The predicted octanol–water partition coefficient (Wildman–Crippen LogP) is 2.34. The number of hydrogen-bond acceptors (Lipinski definition) is 7.